The Morgan fingerprint density at radius 3 is 2.53 bits per heavy atom. The molecule has 3 N–H and O–H groups in total. The smallest absolute Gasteiger partial charge is 0.352 e. The average molecular weight is 284 g/mol. The van der Waals surface area contributed by atoms with E-state index >= 15 is 0 Å². The highest BCUT2D eigenvalue weighted by molar-refractivity contribution is 7.99. The van der Waals surface area contributed by atoms with Crippen LogP contribution in [0.2, 0.25) is 0 Å². The lowest BCUT2D eigenvalue weighted by Crippen LogP contribution is -2.26. The molecule has 1 aromatic heterocycles. The lowest BCUT2D eigenvalue weighted by atomic mass is 10.1. The Bertz CT molecular complexity index is 482. The maximum absolute atomic E-state index is 12.1. The molecule has 0 aliphatic carbocycles. The van der Waals surface area contributed by atoms with Crippen LogP contribution in [0.1, 0.15) is 45.4 Å². The molecule has 0 spiro atoms. The summed E-state index contributed by atoms with van der Waals surface area (Å²) in [5, 5.41) is 12.3. The molecule has 1 rings (SSSR count). The lowest BCUT2D eigenvalue weighted by Gasteiger charge is -2.09. The summed E-state index contributed by atoms with van der Waals surface area (Å²) in [5.74, 6) is -1.26. The van der Waals surface area contributed by atoms with Crippen LogP contribution in [0.5, 0.6) is 0 Å². The maximum Gasteiger partial charge on any atom is 0.352 e. The van der Waals surface area contributed by atoms with Crippen LogP contribution in [0.4, 0.5) is 0 Å². The molecule has 5 nitrogen and oxygen atoms in total. The summed E-state index contributed by atoms with van der Waals surface area (Å²) in [6, 6.07) is 0. The van der Waals surface area contributed by atoms with Gasteiger partial charge in [-0.2, -0.15) is 11.8 Å². The van der Waals surface area contributed by atoms with Crippen molar-refractivity contribution in [3.63, 3.8) is 0 Å². The van der Waals surface area contributed by atoms with Crippen LogP contribution in [0.15, 0.2) is 0 Å². The predicted molar refractivity (Wildman–Crippen MR) is 77.2 cm³/mol. The minimum absolute atomic E-state index is 0.0835. The van der Waals surface area contributed by atoms with Gasteiger partial charge in [-0.15, -0.1) is 0 Å². The number of aromatic nitrogens is 1. The van der Waals surface area contributed by atoms with Crippen LogP contribution in [0.25, 0.3) is 0 Å². The summed E-state index contributed by atoms with van der Waals surface area (Å²) in [6.45, 7) is 6.05. The van der Waals surface area contributed by atoms with Gasteiger partial charge < -0.3 is 15.4 Å². The van der Waals surface area contributed by atoms with Crippen LogP contribution < -0.4 is 5.32 Å². The Labute approximate surface area is 117 Å². The maximum atomic E-state index is 12.1. The van der Waals surface area contributed by atoms with E-state index in [4.69, 9.17) is 5.11 Å². The number of H-pyrrole nitrogens is 1. The summed E-state index contributed by atoms with van der Waals surface area (Å²) in [5.41, 5.74) is 1.60. The Kier molecular flexibility index (Phi) is 5.47. The lowest BCUT2D eigenvalue weighted by molar-refractivity contribution is 0.0690. The topological polar surface area (TPSA) is 82.2 Å². The summed E-state index contributed by atoms with van der Waals surface area (Å²) in [4.78, 5) is 25.8. The molecule has 0 saturated carbocycles. The first-order chi connectivity index (χ1) is 8.88. The Morgan fingerprint density at radius 2 is 2.05 bits per heavy atom. The Morgan fingerprint density at radius 1 is 1.42 bits per heavy atom. The molecule has 106 valence electrons. The van der Waals surface area contributed by atoms with E-state index in [1.165, 1.54) is 0 Å². The van der Waals surface area contributed by atoms with Gasteiger partial charge in [0, 0.05) is 17.5 Å². The van der Waals surface area contributed by atoms with E-state index in [-0.39, 0.29) is 11.6 Å². The van der Waals surface area contributed by atoms with Gasteiger partial charge in [0.15, 0.2) is 0 Å². The number of hydrogen-bond donors (Lipinski definition) is 3. The van der Waals surface area contributed by atoms with Gasteiger partial charge in [-0.25, -0.2) is 4.79 Å². The molecule has 0 aliphatic rings. The number of aryl methyl sites for hydroxylation is 1. The van der Waals surface area contributed by atoms with Crippen molar-refractivity contribution in [2.75, 3.05) is 12.8 Å². The van der Waals surface area contributed by atoms with Gasteiger partial charge in [-0.3, -0.25) is 4.79 Å². The van der Waals surface area contributed by atoms with Crippen LogP contribution in [0.3, 0.4) is 0 Å². The minimum atomic E-state index is -1.05. The molecule has 0 aliphatic heterocycles. The number of thioether (sulfide) groups is 1. The quantitative estimate of drug-likeness (QED) is 0.748. The molecule has 0 radical (unpaired) electrons. The number of carboxylic acids is 1. The van der Waals surface area contributed by atoms with Crippen molar-refractivity contribution in [1.29, 1.82) is 0 Å². The van der Waals surface area contributed by atoms with Gasteiger partial charge in [0.1, 0.15) is 5.69 Å². The number of carbonyl (C=O) groups is 2. The third-order valence-electron chi connectivity index (χ3n) is 3.12. The third-order valence-corrected chi connectivity index (χ3v) is 4.16. The zero-order valence-corrected chi connectivity index (χ0v) is 12.5. The van der Waals surface area contributed by atoms with Crippen molar-refractivity contribution >= 4 is 23.6 Å². The minimum Gasteiger partial charge on any atom is -0.477 e. The largest absolute Gasteiger partial charge is 0.477 e. The molecule has 1 atom stereocenters. The highest BCUT2D eigenvalue weighted by Gasteiger charge is 2.21. The first-order valence-electron chi connectivity index (χ1n) is 6.11. The van der Waals surface area contributed by atoms with Gasteiger partial charge in [-0.05, 0) is 32.1 Å². The molecular weight excluding hydrogens is 264 g/mol. The van der Waals surface area contributed by atoms with Gasteiger partial charge in [0.25, 0.3) is 5.91 Å². The number of carbonyl (C=O) groups excluding carboxylic acids is 1. The molecule has 0 aromatic carbocycles. The van der Waals surface area contributed by atoms with Gasteiger partial charge in [0.05, 0.1) is 5.56 Å². The second-order valence-electron chi connectivity index (χ2n) is 4.52. The van der Waals surface area contributed by atoms with E-state index in [2.05, 4.69) is 17.2 Å². The standard InChI is InChI=1S/C13H20N2O3S/c1-7(19-4)5-6-14-12(16)10-8(2)11(13(17)18)15-9(10)3/h7,15H,5-6H2,1-4H3,(H,14,16)(H,17,18). The number of nitrogens with one attached hydrogen (secondary N) is 2. The first kappa shape index (κ1) is 15.6. The highest BCUT2D eigenvalue weighted by atomic mass is 32.2. The number of aromatic amines is 1. The number of carboxylic acid groups (broad SMARTS) is 1. The molecule has 1 heterocycles. The summed E-state index contributed by atoms with van der Waals surface area (Å²) in [7, 11) is 0. The van der Waals surface area contributed by atoms with Crippen LogP contribution in [-0.2, 0) is 0 Å². The second-order valence-corrected chi connectivity index (χ2v) is 5.80. The fourth-order valence-corrected chi connectivity index (χ4v) is 2.25. The molecule has 1 amide bonds. The number of amides is 1. The molecule has 6 heteroatoms. The zero-order valence-electron chi connectivity index (χ0n) is 11.7. The molecule has 0 bridgehead atoms. The van der Waals surface area contributed by atoms with Gasteiger partial charge >= 0.3 is 5.97 Å². The molecule has 1 unspecified atom stereocenters. The molecule has 19 heavy (non-hydrogen) atoms. The van der Waals surface area contributed by atoms with Crippen molar-refractivity contribution in [2.45, 2.75) is 32.4 Å². The van der Waals surface area contributed by atoms with Gasteiger partial charge in [-0.1, -0.05) is 6.92 Å². The highest BCUT2D eigenvalue weighted by Crippen LogP contribution is 2.18. The van der Waals surface area contributed by atoms with E-state index in [1.54, 1.807) is 25.6 Å². The molecular formula is C13H20N2O3S. The monoisotopic (exact) mass is 284 g/mol. The number of hydrogen-bond acceptors (Lipinski definition) is 3. The van der Waals surface area contributed by atoms with E-state index < -0.39 is 5.97 Å². The SMILES string of the molecule is CSC(C)CCNC(=O)c1c(C)[nH]c(C(=O)O)c1C. The normalized spacial score (nSPS) is 12.2. The third kappa shape index (κ3) is 3.76. The fraction of sp³-hybridized carbons (Fsp3) is 0.538. The van der Waals surface area contributed by atoms with Gasteiger partial charge in [0.2, 0.25) is 0 Å². The average Bonchev–Trinajstić information content (AvgIpc) is 2.64. The van der Waals surface area contributed by atoms with Crippen molar-refractivity contribution in [3.8, 4) is 0 Å². The van der Waals surface area contributed by atoms with E-state index in [0.29, 0.717) is 28.6 Å². The van der Waals surface area contributed by atoms with Crippen molar-refractivity contribution < 1.29 is 14.7 Å². The van der Waals surface area contributed by atoms with Crippen LogP contribution in [0, 0.1) is 13.8 Å². The Hall–Kier alpha value is -1.43. The van der Waals surface area contributed by atoms with Crippen molar-refractivity contribution in [1.82, 2.24) is 10.3 Å². The van der Waals surface area contributed by atoms with E-state index in [9.17, 15) is 9.59 Å². The summed E-state index contributed by atoms with van der Waals surface area (Å²) in [6.07, 6.45) is 2.92. The van der Waals surface area contributed by atoms with Crippen LogP contribution >= 0.6 is 11.8 Å². The second kappa shape index (κ2) is 6.65. The number of rotatable bonds is 6. The summed E-state index contributed by atoms with van der Waals surface area (Å²) < 4.78 is 0. The zero-order chi connectivity index (χ0) is 14.6. The van der Waals surface area contributed by atoms with E-state index in [1.807, 2.05) is 6.26 Å². The number of aromatic carboxylic acids is 1. The van der Waals surface area contributed by atoms with Crippen LogP contribution in [-0.4, -0.2) is 40.0 Å². The van der Waals surface area contributed by atoms with Crippen molar-refractivity contribution in [2.24, 2.45) is 0 Å². The molecule has 1 aromatic rings. The fourth-order valence-electron chi connectivity index (χ4n) is 1.90. The predicted octanol–water partition coefficient (Wildman–Crippen LogP) is 2.20. The molecule has 0 saturated heterocycles. The Balaban J connectivity index is 2.75. The summed E-state index contributed by atoms with van der Waals surface area (Å²) >= 11 is 1.75. The van der Waals surface area contributed by atoms with E-state index in [0.717, 1.165) is 6.42 Å². The first-order valence-corrected chi connectivity index (χ1v) is 7.40. The molecule has 0 fully saturated rings. The van der Waals surface area contributed by atoms with Crippen molar-refractivity contribution in [3.05, 3.63) is 22.5 Å².